The molecule has 0 atom stereocenters. The van der Waals surface area contributed by atoms with Gasteiger partial charge < -0.3 is 5.73 Å². The molecule has 7 heteroatoms. The van der Waals surface area contributed by atoms with Crippen LogP contribution in [0.3, 0.4) is 0 Å². The summed E-state index contributed by atoms with van der Waals surface area (Å²) in [6.45, 7) is 2.07. The third-order valence-electron chi connectivity index (χ3n) is 2.80. The highest BCUT2D eigenvalue weighted by Gasteiger charge is 2.11. The van der Waals surface area contributed by atoms with Gasteiger partial charge in [-0.3, -0.25) is 19.1 Å². The average molecular weight is 281 g/mol. The van der Waals surface area contributed by atoms with Gasteiger partial charge in [0.15, 0.2) is 0 Å². The number of nitrogens with one attached hydrogen (secondary N) is 1. The molecule has 0 aliphatic rings. The molecule has 3 N–H and O–H groups in total. The van der Waals surface area contributed by atoms with Crippen molar-refractivity contribution in [2.75, 3.05) is 0 Å². The van der Waals surface area contributed by atoms with Crippen LogP contribution in [0.15, 0.2) is 15.7 Å². The highest BCUT2D eigenvalue weighted by molar-refractivity contribution is 7.18. The molecule has 19 heavy (non-hydrogen) atoms. The number of aromatic nitrogens is 2. The summed E-state index contributed by atoms with van der Waals surface area (Å²) >= 11 is 1.42. The molecular weight excluding hydrogens is 266 g/mol. The second-order valence-electron chi connectivity index (χ2n) is 4.31. The summed E-state index contributed by atoms with van der Waals surface area (Å²) in [5, 5.41) is 0.498. The minimum Gasteiger partial charge on any atom is -0.370 e. The number of carbonyl (C=O) groups is 1. The smallest absolute Gasteiger partial charge is 0.329 e. The summed E-state index contributed by atoms with van der Waals surface area (Å²) in [5.74, 6) is -0.539. The predicted molar refractivity (Wildman–Crippen MR) is 74.5 cm³/mol. The zero-order chi connectivity index (χ0) is 14.0. The van der Waals surface area contributed by atoms with E-state index in [-0.39, 0.29) is 18.5 Å². The standard InChI is InChI=1S/C12H15N3O3S/c1-2-3-7-6-8-10(19-7)14-12(18)15(11(8)17)5-4-9(13)16/h6H,2-5H2,1H3,(H2,13,16)(H,14,18). The van der Waals surface area contributed by atoms with E-state index in [4.69, 9.17) is 5.73 Å². The number of nitrogens with two attached hydrogens (primary N) is 1. The Labute approximate surface area is 112 Å². The molecular formula is C12H15N3O3S. The van der Waals surface area contributed by atoms with Crippen LogP contribution in [0.25, 0.3) is 10.2 Å². The molecule has 2 aromatic rings. The minimum absolute atomic E-state index is 0.0123. The highest BCUT2D eigenvalue weighted by Crippen LogP contribution is 2.21. The molecule has 0 fully saturated rings. The van der Waals surface area contributed by atoms with E-state index in [0.29, 0.717) is 10.2 Å². The zero-order valence-electron chi connectivity index (χ0n) is 10.6. The fraction of sp³-hybridized carbons (Fsp3) is 0.417. The first-order valence-electron chi connectivity index (χ1n) is 6.06. The largest absolute Gasteiger partial charge is 0.370 e. The fourth-order valence-electron chi connectivity index (χ4n) is 1.89. The number of H-pyrrole nitrogens is 1. The van der Waals surface area contributed by atoms with Crippen LogP contribution in [0.4, 0.5) is 0 Å². The van der Waals surface area contributed by atoms with Crippen LogP contribution >= 0.6 is 11.3 Å². The fourth-order valence-corrected chi connectivity index (χ4v) is 3.03. The second-order valence-corrected chi connectivity index (χ2v) is 5.45. The maximum Gasteiger partial charge on any atom is 0.329 e. The van der Waals surface area contributed by atoms with E-state index in [0.717, 1.165) is 22.3 Å². The van der Waals surface area contributed by atoms with Crippen LogP contribution in [0, 0.1) is 0 Å². The van der Waals surface area contributed by atoms with Crippen molar-refractivity contribution in [3.05, 3.63) is 31.8 Å². The Morgan fingerprint density at radius 2 is 2.21 bits per heavy atom. The number of thiophene rings is 1. The molecule has 0 unspecified atom stereocenters. The maximum absolute atomic E-state index is 12.2. The van der Waals surface area contributed by atoms with Crippen LogP contribution in [-0.2, 0) is 17.8 Å². The van der Waals surface area contributed by atoms with Crippen molar-refractivity contribution >= 4 is 27.5 Å². The molecule has 0 aromatic carbocycles. The van der Waals surface area contributed by atoms with Gasteiger partial charge in [0, 0.05) is 17.8 Å². The lowest BCUT2D eigenvalue weighted by Gasteiger charge is -2.02. The molecule has 0 aliphatic heterocycles. The molecule has 0 bridgehead atoms. The van der Waals surface area contributed by atoms with Gasteiger partial charge in [-0.15, -0.1) is 11.3 Å². The molecule has 102 valence electrons. The molecule has 0 saturated carbocycles. The second kappa shape index (κ2) is 5.40. The van der Waals surface area contributed by atoms with Crippen molar-refractivity contribution in [2.24, 2.45) is 5.73 Å². The number of nitrogens with zero attached hydrogens (tertiary/aromatic N) is 1. The van der Waals surface area contributed by atoms with Crippen molar-refractivity contribution in [3.63, 3.8) is 0 Å². The van der Waals surface area contributed by atoms with Crippen LogP contribution < -0.4 is 17.0 Å². The third-order valence-corrected chi connectivity index (χ3v) is 3.91. The summed E-state index contributed by atoms with van der Waals surface area (Å²) in [6, 6.07) is 1.81. The monoisotopic (exact) mass is 281 g/mol. The van der Waals surface area contributed by atoms with E-state index in [2.05, 4.69) is 11.9 Å². The summed E-state index contributed by atoms with van der Waals surface area (Å²) in [7, 11) is 0. The Balaban J connectivity index is 2.51. The highest BCUT2D eigenvalue weighted by atomic mass is 32.1. The van der Waals surface area contributed by atoms with E-state index in [1.165, 1.54) is 11.3 Å². The van der Waals surface area contributed by atoms with Gasteiger partial charge >= 0.3 is 5.69 Å². The third kappa shape index (κ3) is 2.76. The van der Waals surface area contributed by atoms with Gasteiger partial charge in [-0.1, -0.05) is 13.3 Å². The number of amides is 1. The SMILES string of the molecule is CCCc1cc2c(=O)n(CCC(N)=O)c(=O)[nH]c2s1. The summed E-state index contributed by atoms with van der Waals surface area (Å²) in [4.78, 5) is 39.1. The number of fused-ring (bicyclic) bond motifs is 1. The van der Waals surface area contributed by atoms with Crippen molar-refractivity contribution in [1.82, 2.24) is 9.55 Å². The number of aryl methyl sites for hydroxylation is 1. The molecule has 1 amide bonds. The van der Waals surface area contributed by atoms with Gasteiger partial charge in [-0.25, -0.2) is 4.79 Å². The Kier molecular flexibility index (Phi) is 3.84. The van der Waals surface area contributed by atoms with Crippen LogP contribution in [-0.4, -0.2) is 15.5 Å². The lowest BCUT2D eigenvalue weighted by Crippen LogP contribution is -2.35. The Morgan fingerprint density at radius 3 is 2.84 bits per heavy atom. The van der Waals surface area contributed by atoms with Crippen molar-refractivity contribution in [1.29, 1.82) is 0 Å². The molecule has 2 rings (SSSR count). The number of rotatable bonds is 5. The summed E-state index contributed by atoms with van der Waals surface area (Å²) in [5.41, 5.74) is 4.17. The van der Waals surface area contributed by atoms with E-state index in [1.54, 1.807) is 0 Å². The molecule has 2 heterocycles. The van der Waals surface area contributed by atoms with Crippen molar-refractivity contribution < 1.29 is 4.79 Å². The summed E-state index contributed by atoms with van der Waals surface area (Å²) in [6.07, 6.45) is 1.83. The van der Waals surface area contributed by atoms with E-state index < -0.39 is 11.6 Å². The molecule has 6 nitrogen and oxygen atoms in total. The Morgan fingerprint density at radius 1 is 1.47 bits per heavy atom. The van der Waals surface area contributed by atoms with Gasteiger partial charge in [0.1, 0.15) is 4.83 Å². The van der Waals surface area contributed by atoms with Gasteiger partial charge in [-0.2, -0.15) is 0 Å². The minimum atomic E-state index is -0.539. The van der Waals surface area contributed by atoms with Crippen molar-refractivity contribution in [2.45, 2.75) is 32.7 Å². The molecule has 2 aromatic heterocycles. The number of hydrogen-bond donors (Lipinski definition) is 2. The molecule has 0 saturated heterocycles. The maximum atomic E-state index is 12.2. The number of hydrogen-bond acceptors (Lipinski definition) is 4. The van der Waals surface area contributed by atoms with E-state index >= 15 is 0 Å². The number of primary amides is 1. The summed E-state index contributed by atoms with van der Waals surface area (Å²) < 4.78 is 1.02. The zero-order valence-corrected chi connectivity index (χ0v) is 11.4. The molecule has 0 radical (unpaired) electrons. The Bertz CT molecular complexity index is 726. The van der Waals surface area contributed by atoms with Gasteiger partial charge in [0.05, 0.1) is 5.39 Å². The van der Waals surface area contributed by atoms with Gasteiger partial charge in [0.2, 0.25) is 5.91 Å². The molecule has 0 aliphatic carbocycles. The van der Waals surface area contributed by atoms with Crippen LogP contribution in [0.5, 0.6) is 0 Å². The van der Waals surface area contributed by atoms with Crippen LogP contribution in [0.2, 0.25) is 0 Å². The lowest BCUT2D eigenvalue weighted by molar-refractivity contribution is -0.118. The topological polar surface area (TPSA) is 97.9 Å². The normalized spacial score (nSPS) is 11.0. The molecule has 0 spiro atoms. The number of aromatic amines is 1. The average Bonchev–Trinajstić information content (AvgIpc) is 2.71. The Hall–Kier alpha value is -1.89. The van der Waals surface area contributed by atoms with E-state index in [1.807, 2.05) is 6.07 Å². The quantitative estimate of drug-likeness (QED) is 0.838. The first kappa shape index (κ1) is 13.5. The number of carbonyl (C=O) groups excluding carboxylic acids is 1. The lowest BCUT2D eigenvalue weighted by atomic mass is 10.2. The van der Waals surface area contributed by atoms with Gasteiger partial charge in [0.25, 0.3) is 5.56 Å². The first-order valence-corrected chi connectivity index (χ1v) is 6.88. The van der Waals surface area contributed by atoms with Crippen LogP contribution in [0.1, 0.15) is 24.6 Å². The van der Waals surface area contributed by atoms with E-state index in [9.17, 15) is 14.4 Å². The predicted octanol–water partition coefficient (Wildman–Crippen LogP) is 0.579. The van der Waals surface area contributed by atoms with Gasteiger partial charge in [-0.05, 0) is 12.5 Å². The first-order chi connectivity index (χ1) is 9.02. The van der Waals surface area contributed by atoms with Crippen molar-refractivity contribution in [3.8, 4) is 0 Å².